The number of carbonyl (C=O) groups excluding carboxylic acids is 1. The van der Waals surface area contributed by atoms with Crippen LogP contribution >= 0.6 is 23.2 Å². The molecule has 0 atom stereocenters. The second-order valence-corrected chi connectivity index (χ2v) is 4.30. The summed E-state index contributed by atoms with van der Waals surface area (Å²) >= 11 is 11.9. The van der Waals surface area contributed by atoms with Gasteiger partial charge >= 0.3 is 5.97 Å². The van der Waals surface area contributed by atoms with E-state index >= 15 is 0 Å². The van der Waals surface area contributed by atoms with Crippen LogP contribution in [0.25, 0.3) is 5.03 Å². The number of methoxy groups -OCH3 is 1. The van der Waals surface area contributed by atoms with Crippen LogP contribution in [0.1, 0.15) is 12.5 Å². The lowest BCUT2D eigenvalue weighted by molar-refractivity contribution is -0.135. The lowest BCUT2D eigenvalue weighted by atomic mass is 10.1. The molecule has 1 rings (SSSR count). The fourth-order valence-corrected chi connectivity index (χ4v) is 1.79. The van der Waals surface area contributed by atoms with Crippen LogP contribution in [0.4, 0.5) is 0 Å². The molecule has 0 bridgehead atoms. The monoisotopic (exact) mass is 284 g/mol. The first-order chi connectivity index (χ1) is 8.60. The Balaban J connectivity index is 3.08. The highest BCUT2D eigenvalue weighted by molar-refractivity contribution is 6.49. The van der Waals surface area contributed by atoms with E-state index in [0.29, 0.717) is 10.6 Å². The number of hydrogen-bond acceptors (Lipinski definition) is 2. The van der Waals surface area contributed by atoms with Crippen LogP contribution in [-0.2, 0) is 9.53 Å². The zero-order valence-electron chi connectivity index (χ0n) is 10.2. The lowest BCUT2D eigenvalue weighted by Gasteiger charge is -2.05. The van der Waals surface area contributed by atoms with Gasteiger partial charge in [-0.1, -0.05) is 41.9 Å². The van der Waals surface area contributed by atoms with E-state index in [4.69, 9.17) is 23.2 Å². The number of hydrogen-bond donors (Lipinski definition) is 0. The van der Waals surface area contributed by atoms with E-state index in [1.807, 2.05) is 37.3 Å². The standard InChI is InChI=1S/C14H14Cl2O2/c1-10(8-12(9-15)14(17)18-2)13(16)11-6-4-3-5-7-11/h3-8H,9H2,1-2H3/b12-8+,13-10-. The molecule has 0 aliphatic carbocycles. The molecule has 0 spiro atoms. The maximum Gasteiger partial charge on any atom is 0.334 e. The van der Waals surface area contributed by atoms with Crippen molar-refractivity contribution in [3.63, 3.8) is 0 Å². The van der Waals surface area contributed by atoms with Crippen molar-refractivity contribution < 1.29 is 9.53 Å². The molecule has 96 valence electrons. The Labute approximate surface area is 117 Å². The third kappa shape index (κ3) is 3.90. The quantitative estimate of drug-likeness (QED) is 0.362. The Kier molecular flexibility index (Phi) is 5.96. The van der Waals surface area contributed by atoms with Crippen LogP contribution < -0.4 is 0 Å². The second-order valence-electron chi connectivity index (χ2n) is 3.66. The minimum absolute atomic E-state index is 0.0863. The van der Waals surface area contributed by atoms with E-state index in [-0.39, 0.29) is 5.88 Å². The van der Waals surface area contributed by atoms with Crippen molar-refractivity contribution in [2.45, 2.75) is 6.92 Å². The van der Waals surface area contributed by atoms with Gasteiger partial charge in [0.2, 0.25) is 0 Å². The molecule has 18 heavy (non-hydrogen) atoms. The second kappa shape index (κ2) is 7.24. The SMILES string of the molecule is COC(=O)/C(=C/C(C)=C(\Cl)c1ccccc1)CCl. The molecule has 0 N–H and O–H groups in total. The molecule has 0 aliphatic heterocycles. The predicted octanol–water partition coefficient (Wildman–Crippen LogP) is 3.99. The van der Waals surface area contributed by atoms with Crippen LogP contribution in [0.5, 0.6) is 0 Å². The molecule has 1 aromatic rings. The van der Waals surface area contributed by atoms with E-state index in [0.717, 1.165) is 11.1 Å². The van der Waals surface area contributed by atoms with Gasteiger partial charge in [-0.15, -0.1) is 11.6 Å². The largest absolute Gasteiger partial charge is 0.466 e. The molecule has 2 nitrogen and oxygen atoms in total. The first kappa shape index (κ1) is 14.8. The van der Waals surface area contributed by atoms with Gasteiger partial charge in [-0.2, -0.15) is 0 Å². The number of ether oxygens (including phenoxy) is 1. The van der Waals surface area contributed by atoms with Crippen molar-refractivity contribution in [3.8, 4) is 0 Å². The number of rotatable bonds is 4. The molecular formula is C14H14Cl2O2. The fraction of sp³-hybridized carbons (Fsp3) is 0.214. The van der Waals surface area contributed by atoms with Crippen molar-refractivity contribution in [1.82, 2.24) is 0 Å². The lowest BCUT2D eigenvalue weighted by Crippen LogP contribution is -2.06. The van der Waals surface area contributed by atoms with Gasteiger partial charge in [0.15, 0.2) is 0 Å². The van der Waals surface area contributed by atoms with Gasteiger partial charge in [0.1, 0.15) is 0 Å². The van der Waals surface area contributed by atoms with Crippen molar-refractivity contribution in [2.75, 3.05) is 13.0 Å². The first-order valence-corrected chi connectivity index (χ1v) is 6.28. The normalized spacial score (nSPS) is 13.0. The maximum absolute atomic E-state index is 11.4. The van der Waals surface area contributed by atoms with Crippen molar-refractivity contribution >= 4 is 34.2 Å². The van der Waals surface area contributed by atoms with Gasteiger partial charge in [0, 0.05) is 0 Å². The van der Waals surface area contributed by atoms with Gasteiger partial charge in [-0.05, 0) is 24.1 Å². The summed E-state index contributed by atoms with van der Waals surface area (Å²) in [5, 5.41) is 0.585. The molecule has 1 aromatic carbocycles. The van der Waals surface area contributed by atoms with Crippen LogP contribution in [0, 0.1) is 0 Å². The molecule has 0 heterocycles. The topological polar surface area (TPSA) is 26.3 Å². The van der Waals surface area contributed by atoms with Gasteiger partial charge in [0.25, 0.3) is 0 Å². The van der Waals surface area contributed by atoms with Crippen LogP contribution in [-0.4, -0.2) is 19.0 Å². The average molecular weight is 285 g/mol. The predicted molar refractivity (Wildman–Crippen MR) is 75.7 cm³/mol. The van der Waals surface area contributed by atoms with Crippen molar-refractivity contribution in [2.24, 2.45) is 0 Å². The molecule has 0 radical (unpaired) electrons. The van der Waals surface area contributed by atoms with E-state index < -0.39 is 5.97 Å². The molecule has 0 amide bonds. The van der Waals surface area contributed by atoms with Crippen molar-refractivity contribution in [1.29, 1.82) is 0 Å². The Bertz CT molecular complexity index is 476. The molecule has 0 saturated heterocycles. The summed E-state index contributed by atoms with van der Waals surface area (Å²) in [4.78, 5) is 11.4. The molecule has 0 aromatic heterocycles. The smallest absolute Gasteiger partial charge is 0.334 e. The van der Waals surface area contributed by atoms with Gasteiger partial charge in [0.05, 0.1) is 23.6 Å². The summed E-state index contributed by atoms with van der Waals surface area (Å²) in [7, 11) is 1.32. The Hall–Kier alpha value is -1.25. The Morgan fingerprint density at radius 2 is 1.94 bits per heavy atom. The maximum atomic E-state index is 11.4. The first-order valence-electron chi connectivity index (χ1n) is 5.36. The number of esters is 1. The van der Waals surface area contributed by atoms with E-state index in [1.54, 1.807) is 6.08 Å². The van der Waals surface area contributed by atoms with E-state index in [9.17, 15) is 4.79 Å². The van der Waals surface area contributed by atoms with Crippen LogP contribution in [0.2, 0.25) is 0 Å². The Morgan fingerprint density at radius 1 is 1.33 bits per heavy atom. The molecule has 0 unspecified atom stereocenters. The number of carbonyl (C=O) groups is 1. The van der Waals surface area contributed by atoms with Gasteiger partial charge in [-0.25, -0.2) is 4.79 Å². The fourth-order valence-electron chi connectivity index (χ4n) is 1.42. The zero-order chi connectivity index (χ0) is 13.5. The summed E-state index contributed by atoms with van der Waals surface area (Å²) in [5.41, 5.74) is 2.04. The summed E-state index contributed by atoms with van der Waals surface area (Å²) in [5.74, 6) is -0.356. The number of halogens is 2. The molecule has 0 aliphatic rings. The summed E-state index contributed by atoms with van der Waals surface area (Å²) in [6.45, 7) is 1.82. The van der Waals surface area contributed by atoms with Crippen molar-refractivity contribution in [3.05, 3.63) is 53.1 Å². The zero-order valence-corrected chi connectivity index (χ0v) is 11.8. The minimum Gasteiger partial charge on any atom is -0.466 e. The minimum atomic E-state index is -0.443. The van der Waals surface area contributed by atoms with E-state index in [1.165, 1.54) is 7.11 Å². The average Bonchev–Trinajstić information content (AvgIpc) is 2.43. The molecular weight excluding hydrogens is 271 g/mol. The number of alkyl halides is 1. The highest BCUT2D eigenvalue weighted by Crippen LogP contribution is 2.24. The highest BCUT2D eigenvalue weighted by atomic mass is 35.5. The van der Waals surface area contributed by atoms with Crippen LogP contribution in [0.15, 0.2) is 47.6 Å². The van der Waals surface area contributed by atoms with Gasteiger partial charge in [-0.3, -0.25) is 0 Å². The number of allylic oxidation sites excluding steroid dienone is 2. The molecule has 4 heteroatoms. The summed E-state index contributed by atoms with van der Waals surface area (Å²) in [6, 6.07) is 9.52. The third-order valence-electron chi connectivity index (χ3n) is 2.36. The van der Waals surface area contributed by atoms with Gasteiger partial charge < -0.3 is 4.74 Å². The summed E-state index contributed by atoms with van der Waals surface area (Å²) < 4.78 is 4.63. The number of benzene rings is 1. The molecule has 0 saturated carbocycles. The third-order valence-corrected chi connectivity index (χ3v) is 3.16. The highest BCUT2D eigenvalue weighted by Gasteiger charge is 2.09. The van der Waals surface area contributed by atoms with Crippen LogP contribution in [0.3, 0.4) is 0 Å². The van der Waals surface area contributed by atoms with E-state index in [2.05, 4.69) is 4.74 Å². The Morgan fingerprint density at radius 3 is 2.44 bits per heavy atom. The molecule has 0 fully saturated rings. The summed E-state index contributed by atoms with van der Waals surface area (Å²) in [6.07, 6.45) is 1.65.